The molecule has 2 rings (SSSR count). The van der Waals surface area contributed by atoms with E-state index in [0.29, 0.717) is 23.9 Å². The SMILES string of the molecule is CCNC(=NCC(OC)c1cccc(Cl)c1)N1CCC(CC(=O)NC)CC1.I. The Morgan fingerprint density at radius 2 is 2.11 bits per heavy atom. The average Bonchev–Trinajstić information content (AvgIpc) is 2.68. The van der Waals surface area contributed by atoms with Crippen molar-refractivity contribution < 1.29 is 9.53 Å². The highest BCUT2D eigenvalue weighted by molar-refractivity contribution is 14.0. The van der Waals surface area contributed by atoms with Gasteiger partial charge < -0.3 is 20.3 Å². The summed E-state index contributed by atoms with van der Waals surface area (Å²) in [7, 11) is 3.39. The number of guanidine groups is 1. The first kappa shape index (κ1) is 25.0. The first-order valence-electron chi connectivity index (χ1n) is 9.59. The third-order valence-electron chi connectivity index (χ3n) is 4.91. The number of carbonyl (C=O) groups is 1. The van der Waals surface area contributed by atoms with Crippen LogP contribution in [0.1, 0.15) is 37.9 Å². The number of methoxy groups -OCH3 is 1. The van der Waals surface area contributed by atoms with Crippen molar-refractivity contribution in [2.75, 3.05) is 40.3 Å². The second-order valence-corrected chi connectivity index (χ2v) is 7.22. The summed E-state index contributed by atoms with van der Waals surface area (Å²) in [5.41, 5.74) is 1.02. The van der Waals surface area contributed by atoms with Crippen molar-refractivity contribution in [2.24, 2.45) is 10.9 Å². The summed E-state index contributed by atoms with van der Waals surface area (Å²) >= 11 is 6.10. The molecule has 8 heteroatoms. The summed E-state index contributed by atoms with van der Waals surface area (Å²) in [6, 6.07) is 7.71. The quantitative estimate of drug-likeness (QED) is 0.327. The fourth-order valence-corrected chi connectivity index (χ4v) is 3.53. The number of hydrogen-bond acceptors (Lipinski definition) is 3. The number of benzene rings is 1. The van der Waals surface area contributed by atoms with E-state index < -0.39 is 0 Å². The zero-order chi connectivity index (χ0) is 19.6. The van der Waals surface area contributed by atoms with Gasteiger partial charge in [-0.1, -0.05) is 23.7 Å². The van der Waals surface area contributed by atoms with E-state index in [9.17, 15) is 4.79 Å². The van der Waals surface area contributed by atoms with Gasteiger partial charge in [-0.15, -0.1) is 24.0 Å². The topological polar surface area (TPSA) is 66.0 Å². The molecule has 1 aromatic rings. The number of amides is 1. The first-order valence-corrected chi connectivity index (χ1v) is 9.97. The lowest BCUT2D eigenvalue weighted by Crippen LogP contribution is -2.46. The molecule has 1 aliphatic rings. The maximum Gasteiger partial charge on any atom is 0.220 e. The minimum absolute atomic E-state index is 0. The number of likely N-dealkylation sites (tertiary alicyclic amines) is 1. The molecule has 2 N–H and O–H groups in total. The van der Waals surface area contributed by atoms with Crippen LogP contribution in [0.4, 0.5) is 0 Å². The van der Waals surface area contributed by atoms with Crippen LogP contribution in [0, 0.1) is 5.92 Å². The third kappa shape index (κ3) is 7.75. The monoisotopic (exact) mass is 522 g/mol. The number of halogens is 2. The second kappa shape index (κ2) is 13.2. The molecule has 0 radical (unpaired) electrons. The predicted octanol–water partition coefficient (Wildman–Crippen LogP) is 3.46. The van der Waals surface area contributed by atoms with Crippen LogP contribution in [0.15, 0.2) is 29.3 Å². The summed E-state index contributed by atoms with van der Waals surface area (Å²) in [5.74, 6) is 1.47. The molecule has 1 heterocycles. The van der Waals surface area contributed by atoms with E-state index in [4.69, 9.17) is 21.3 Å². The summed E-state index contributed by atoms with van der Waals surface area (Å²) in [6.07, 6.45) is 2.47. The minimum Gasteiger partial charge on any atom is -0.375 e. The van der Waals surface area contributed by atoms with E-state index in [1.807, 2.05) is 24.3 Å². The Morgan fingerprint density at radius 3 is 2.68 bits per heavy atom. The molecule has 1 saturated heterocycles. The maximum absolute atomic E-state index is 11.6. The van der Waals surface area contributed by atoms with Crippen LogP contribution in [0.5, 0.6) is 0 Å². The predicted molar refractivity (Wildman–Crippen MR) is 126 cm³/mol. The van der Waals surface area contributed by atoms with Gasteiger partial charge in [0.2, 0.25) is 5.91 Å². The Balaban J connectivity index is 0.00000392. The van der Waals surface area contributed by atoms with E-state index in [-0.39, 0.29) is 36.0 Å². The van der Waals surface area contributed by atoms with Gasteiger partial charge in [0.15, 0.2) is 5.96 Å². The van der Waals surface area contributed by atoms with E-state index in [1.165, 1.54) is 0 Å². The van der Waals surface area contributed by atoms with Crippen LogP contribution < -0.4 is 10.6 Å². The Hall–Kier alpha value is -1.06. The van der Waals surface area contributed by atoms with E-state index in [2.05, 4.69) is 22.5 Å². The van der Waals surface area contributed by atoms with Gasteiger partial charge in [-0.05, 0) is 43.4 Å². The molecule has 0 spiro atoms. The fourth-order valence-electron chi connectivity index (χ4n) is 3.33. The number of nitrogens with zero attached hydrogens (tertiary/aromatic N) is 2. The number of hydrogen-bond donors (Lipinski definition) is 2. The molecule has 0 saturated carbocycles. The van der Waals surface area contributed by atoms with Crippen molar-refractivity contribution in [1.29, 1.82) is 0 Å². The van der Waals surface area contributed by atoms with Crippen molar-refractivity contribution >= 4 is 47.4 Å². The Labute approximate surface area is 190 Å². The molecule has 0 aliphatic carbocycles. The number of ether oxygens (including phenoxy) is 1. The third-order valence-corrected chi connectivity index (χ3v) is 5.15. The van der Waals surface area contributed by atoms with Gasteiger partial charge in [0.05, 0.1) is 6.54 Å². The Kier molecular flexibility index (Phi) is 11.8. The number of rotatable bonds is 7. The van der Waals surface area contributed by atoms with Crippen molar-refractivity contribution in [3.63, 3.8) is 0 Å². The normalized spacial score (nSPS) is 16.3. The molecule has 0 aromatic heterocycles. The highest BCUT2D eigenvalue weighted by atomic mass is 127. The molecule has 1 unspecified atom stereocenters. The maximum atomic E-state index is 11.6. The molecule has 1 fully saturated rings. The van der Waals surface area contributed by atoms with Gasteiger partial charge in [-0.2, -0.15) is 0 Å². The van der Waals surface area contributed by atoms with Crippen molar-refractivity contribution in [2.45, 2.75) is 32.3 Å². The largest absolute Gasteiger partial charge is 0.375 e. The standard InChI is InChI=1S/C20H31ClN4O2.HI/c1-4-23-20(25-10-8-15(9-11-25)12-19(26)22-2)24-14-18(27-3)16-6-5-7-17(21)13-16;/h5-7,13,15,18H,4,8-12,14H2,1-3H3,(H,22,26)(H,23,24);1H. The summed E-state index contributed by atoms with van der Waals surface area (Å²) in [6.45, 7) is 5.21. The molecule has 1 aromatic carbocycles. The molecule has 1 amide bonds. The van der Waals surface area contributed by atoms with Crippen molar-refractivity contribution in [1.82, 2.24) is 15.5 Å². The van der Waals surface area contributed by atoms with Crippen molar-refractivity contribution in [3.8, 4) is 0 Å². The molecule has 158 valence electrons. The number of aliphatic imine (C=N–C) groups is 1. The molecule has 28 heavy (non-hydrogen) atoms. The van der Waals surface area contributed by atoms with Gasteiger partial charge in [0.25, 0.3) is 0 Å². The molecule has 1 atom stereocenters. The van der Waals surface area contributed by atoms with Crippen molar-refractivity contribution in [3.05, 3.63) is 34.9 Å². The molecule has 6 nitrogen and oxygen atoms in total. The van der Waals surface area contributed by atoms with Crippen LogP contribution in [0.2, 0.25) is 5.02 Å². The number of nitrogens with one attached hydrogen (secondary N) is 2. The van der Waals surface area contributed by atoms with E-state index in [1.54, 1.807) is 14.2 Å². The van der Waals surface area contributed by atoms with Crippen LogP contribution in [0.25, 0.3) is 0 Å². The lowest BCUT2D eigenvalue weighted by molar-refractivity contribution is -0.121. The molecular weight excluding hydrogens is 491 g/mol. The van der Waals surface area contributed by atoms with E-state index in [0.717, 1.165) is 44.0 Å². The minimum atomic E-state index is -0.136. The Morgan fingerprint density at radius 1 is 1.39 bits per heavy atom. The summed E-state index contributed by atoms with van der Waals surface area (Å²) in [5, 5.41) is 6.79. The Bertz CT molecular complexity index is 636. The van der Waals surface area contributed by atoms with Gasteiger partial charge in [-0.25, -0.2) is 0 Å². The van der Waals surface area contributed by atoms with Crippen LogP contribution in [0.3, 0.4) is 0 Å². The van der Waals surface area contributed by atoms with Gasteiger partial charge in [0, 0.05) is 45.2 Å². The smallest absolute Gasteiger partial charge is 0.220 e. The highest BCUT2D eigenvalue weighted by Gasteiger charge is 2.23. The summed E-state index contributed by atoms with van der Waals surface area (Å²) < 4.78 is 5.62. The molecule has 0 bridgehead atoms. The van der Waals surface area contributed by atoms with Gasteiger partial charge >= 0.3 is 0 Å². The molecular formula is C20H32ClIN4O2. The van der Waals surface area contributed by atoms with Crippen LogP contribution in [-0.4, -0.2) is 57.1 Å². The first-order chi connectivity index (χ1) is 13.1. The number of carbonyl (C=O) groups excluding carboxylic acids is 1. The zero-order valence-electron chi connectivity index (χ0n) is 16.9. The lowest BCUT2D eigenvalue weighted by atomic mass is 9.93. The van der Waals surface area contributed by atoms with Gasteiger partial charge in [0.1, 0.15) is 6.10 Å². The molecule has 1 aliphatic heterocycles. The highest BCUT2D eigenvalue weighted by Crippen LogP contribution is 2.22. The van der Waals surface area contributed by atoms with Gasteiger partial charge in [-0.3, -0.25) is 9.79 Å². The fraction of sp³-hybridized carbons (Fsp3) is 0.600. The van der Waals surface area contributed by atoms with Crippen LogP contribution >= 0.6 is 35.6 Å². The average molecular weight is 523 g/mol. The number of piperidine rings is 1. The zero-order valence-corrected chi connectivity index (χ0v) is 20.0. The van der Waals surface area contributed by atoms with Crippen LogP contribution in [-0.2, 0) is 9.53 Å². The summed E-state index contributed by atoms with van der Waals surface area (Å²) in [4.78, 5) is 18.7. The second-order valence-electron chi connectivity index (χ2n) is 6.78. The van der Waals surface area contributed by atoms with E-state index >= 15 is 0 Å². The lowest BCUT2D eigenvalue weighted by Gasteiger charge is -2.34.